The van der Waals surface area contributed by atoms with Crippen LogP contribution in [0.5, 0.6) is 5.75 Å². The molecule has 0 fully saturated rings. The van der Waals surface area contributed by atoms with E-state index in [-0.39, 0.29) is 6.61 Å². The molecule has 0 bridgehead atoms. The minimum Gasteiger partial charge on any atom is -0.489 e. The van der Waals surface area contributed by atoms with E-state index in [1.807, 2.05) is 24.3 Å². The number of benzene rings is 2. The van der Waals surface area contributed by atoms with Crippen LogP contribution in [0.1, 0.15) is 51.7 Å². The summed E-state index contributed by atoms with van der Waals surface area (Å²) in [7, 11) is 0. The number of halogens is 1. The quantitative estimate of drug-likeness (QED) is 0.179. The van der Waals surface area contributed by atoms with E-state index in [0.717, 1.165) is 41.7 Å². The van der Waals surface area contributed by atoms with Gasteiger partial charge >= 0.3 is 17.8 Å². The Hall–Kier alpha value is -3.69. The fourth-order valence-corrected chi connectivity index (χ4v) is 5.34. The lowest BCUT2D eigenvalue weighted by Crippen LogP contribution is -2.32. The Bertz CT molecular complexity index is 1320. The van der Waals surface area contributed by atoms with Crippen LogP contribution in [0, 0.1) is 0 Å². The van der Waals surface area contributed by atoms with Gasteiger partial charge in [0.05, 0.1) is 18.4 Å². The molecule has 10 heteroatoms. The average Bonchev–Trinajstić information content (AvgIpc) is 3.27. The van der Waals surface area contributed by atoms with Crippen LogP contribution in [-0.4, -0.2) is 30.6 Å². The largest absolute Gasteiger partial charge is 0.489 e. The van der Waals surface area contributed by atoms with Gasteiger partial charge in [-0.2, -0.15) is 5.10 Å². The SMILES string of the molecule is CCOC(=O)c1c(NC(=O)C(=O)N/N=C/c2ccc(OCc3ccccc3Cl)cc2)sc2c1CCCC2. The molecule has 1 heterocycles. The molecule has 1 aliphatic carbocycles. The number of nitrogens with zero attached hydrogens (tertiary/aromatic N) is 1. The molecule has 2 aromatic carbocycles. The van der Waals surface area contributed by atoms with Crippen LogP contribution in [0.4, 0.5) is 5.00 Å². The topological polar surface area (TPSA) is 106 Å². The van der Waals surface area contributed by atoms with E-state index in [9.17, 15) is 14.4 Å². The van der Waals surface area contributed by atoms with Crippen molar-refractivity contribution in [2.24, 2.45) is 5.10 Å². The van der Waals surface area contributed by atoms with E-state index in [1.165, 1.54) is 17.6 Å². The Morgan fingerprint density at radius 1 is 1.05 bits per heavy atom. The van der Waals surface area contributed by atoms with Gasteiger partial charge in [0, 0.05) is 15.5 Å². The summed E-state index contributed by atoms with van der Waals surface area (Å²) < 4.78 is 10.9. The summed E-state index contributed by atoms with van der Waals surface area (Å²) in [6.07, 6.45) is 4.98. The second-order valence-electron chi connectivity index (χ2n) is 8.24. The molecule has 0 saturated heterocycles. The Balaban J connectivity index is 1.32. The summed E-state index contributed by atoms with van der Waals surface area (Å²) in [5.41, 5.74) is 5.05. The lowest BCUT2D eigenvalue weighted by atomic mass is 9.95. The first-order valence-corrected chi connectivity index (χ1v) is 13.1. The summed E-state index contributed by atoms with van der Waals surface area (Å²) >= 11 is 7.46. The maximum atomic E-state index is 12.5. The third-order valence-corrected chi connectivity index (χ3v) is 7.27. The number of nitrogens with one attached hydrogen (secondary N) is 2. The van der Waals surface area contributed by atoms with Crippen molar-refractivity contribution in [2.45, 2.75) is 39.2 Å². The van der Waals surface area contributed by atoms with Crippen LogP contribution in [0.2, 0.25) is 5.02 Å². The second kappa shape index (κ2) is 12.5. The van der Waals surface area contributed by atoms with E-state index < -0.39 is 17.8 Å². The minimum atomic E-state index is -0.947. The number of hydrazone groups is 1. The zero-order chi connectivity index (χ0) is 26.2. The van der Waals surface area contributed by atoms with Gasteiger partial charge in [0.2, 0.25) is 0 Å². The molecule has 0 spiro atoms. The van der Waals surface area contributed by atoms with Gasteiger partial charge in [-0.1, -0.05) is 29.8 Å². The molecule has 4 rings (SSSR count). The van der Waals surface area contributed by atoms with E-state index >= 15 is 0 Å². The number of hydrogen-bond acceptors (Lipinski definition) is 7. The maximum Gasteiger partial charge on any atom is 0.341 e. The monoisotopic (exact) mass is 539 g/mol. The molecule has 0 unspecified atom stereocenters. The van der Waals surface area contributed by atoms with Crippen LogP contribution in [0.3, 0.4) is 0 Å². The number of anilines is 1. The van der Waals surface area contributed by atoms with Crippen molar-refractivity contribution in [1.29, 1.82) is 0 Å². The summed E-state index contributed by atoms with van der Waals surface area (Å²) in [5, 5.41) is 7.40. The van der Waals surface area contributed by atoms with Crippen molar-refractivity contribution in [3.63, 3.8) is 0 Å². The summed E-state index contributed by atoms with van der Waals surface area (Å²) in [4.78, 5) is 38.4. The van der Waals surface area contributed by atoms with Crippen molar-refractivity contribution < 1.29 is 23.9 Å². The average molecular weight is 540 g/mol. The smallest absolute Gasteiger partial charge is 0.341 e. The number of carbonyl (C=O) groups excluding carboxylic acids is 3. The Labute approximate surface area is 223 Å². The number of amides is 2. The van der Waals surface area contributed by atoms with Gasteiger partial charge in [-0.15, -0.1) is 11.3 Å². The van der Waals surface area contributed by atoms with Crippen LogP contribution < -0.4 is 15.5 Å². The van der Waals surface area contributed by atoms with Crippen molar-refractivity contribution in [3.8, 4) is 5.75 Å². The van der Waals surface area contributed by atoms with Gasteiger partial charge in [0.15, 0.2) is 0 Å². The molecular weight excluding hydrogens is 514 g/mol. The van der Waals surface area contributed by atoms with Gasteiger partial charge < -0.3 is 14.8 Å². The first-order valence-electron chi connectivity index (χ1n) is 11.9. The minimum absolute atomic E-state index is 0.223. The lowest BCUT2D eigenvalue weighted by molar-refractivity contribution is -0.136. The van der Waals surface area contributed by atoms with E-state index in [0.29, 0.717) is 33.5 Å². The number of thiophene rings is 1. The third kappa shape index (κ3) is 6.75. The third-order valence-electron chi connectivity index (χ3n) is 5.70. The van der Waals surface area contributed by atoms with E-state index in [2.05, 4.69) is 15.8 Å². The Kier molecular flexibility index (Phi) is 8.92. The summed E-state index contributed by atoms with van der Waals surface area (Å²) in [6, 6.07) is 14.5. The molecule has 0 saturated carbocycles. The van der Waals surface area contributed by atoms with Crippen molar-refractivity contribution in [1.82, 2.24) is 5.43 Å². The summed E-state index contributed by atoms with van der Waals surface area (Å²) in [6.45, 7) is 2.28. The van der Waals surface area contributed by atoms with E-state index in [4.69, 9.17) is 21.1 Å². The number of ether oxygens (including phenoxy) is 2. The van der Waals surface area contributed by atoms with Crippen molar-refractivity contribution in [3.05, 3.63) is 80.7 Å². The fourth-order valence-electron chi connectivity index (χ4n) is 3.88. The Morgan fingerprint density at radius 3 is 2.57 bits per heavy atom. The first-order chi connectivity index (χ1) is 18.0. The highest BCUT2D eigenvalue weighted by molar-refractivity contribution is 7.17. The fraction of sp³-hybridized carbons (Fsp3) is 0.259. The molecule has 3 aromatic rings. The predicted molar refractivity (Wildman–Crippen MR) is 144 cm³/mol. The van der Waals surface area contributed by atoms with Gasteiger partial charge in [-0.3, -0.25) is 9.59 Å². The van der Waals surface area contributed by atoms with Gasteiger partial charge in [-0.25, -0.2) is 10.2 Å². The molecule has 0 atom stereocenters. The molecule has 0 radical (unpaired) electrons. The number of hydrogen-bond donors (Lipinski definition) is 2. The number of esters is 1. The second-order valence-corrected chi connectivity index (χ2v) is 9.75. The number of fused-ring (bicyclic) bond motifs is 1. The highest BCUT2D eigenvalue weighted by Gasteiger charge is 2.28. The first kappa shape index (κ1) is 26.4. The molecule has 1 aromatic heterocycles. The number of rotatable bonds is 8. The zero-order valence-electron chi connectivity index (χ0n) is 20.2. The predicted octanol–water partition coefficient (Wildman–Crippen LogP) is 5.12. The van der Waals surface area contributed by atoms with Crippen LogP contribution >= 0.6 is 22.9 Å². The standard InChI is InChI=1S/C27H26ClN3O5S/c1-2-35-27(34)23-20-8-4-6-10-22(20)37-26(23)30-24(32)25(33)31-29-15-17-11-13-19(14-12-17)36-16-18-7-3-5-9-21(18)28/h3,5,7,9,11-15H,2,4,6,8,10,16H2,1H3,(H,30,32)(H,31,33)/b29-15+. The zero-order valence-corrected chi connectivity index (χ0v) is 21.8. The molecular formula is C27H26ClN3O5S. The molecule has 2 amide bonds. The molecule has 1 aliphatic rings. The lowest BCUT2D eigenvalue weighted by Gasteiger charge is -2.12. The molecule has 2 N–H and O–H groups in total. The number of carbonyl (C=O) groups is 3. The van der Waals surface area contributed by atoms with E-state index in [1.54, 1.807) is 31.2 Å². The van der Waals surface area contributed by atoms with Crippen LogP contribution in [-0.2, 0) is 33.8 Å². The van der Waals surface area contributed by atoms with Crippen molar-refractivity contribution >= 4 is 51.9 Å². The highest BCUT2D eigenvalue weighted by Crippen LogP contribution is 2.38. The molecule has 0 aliphatic heterocycles. The van der Waals surface area contributed by atoms with Crippen LogP contribution in [0.15, 0.2) is 53.6 Å². The van der Waals surface area contributed by atoms with Gasteiger partial charge in [0.25, 0.3) is 0 Å². The number of aryl methyl sites for hydroxylation is 1. The molecule has 192 valence electrons. The molecule has 37 heavy (non-hydrogen) atoms. The molecule has 8 nitrogen and oxygen atoms in total. The van der Waals surface area contributed by atoms with Gasteiger partial charge in [-0.05, 0) is 74.1 Å². The summed E-state index contributed by atoms with van der Waals surface area (Å²) in [5.74, 6) is -1.70. The van der Waals surface area contributed by atoms with Crippen molar-refractivity contribution in [2.75, 3.05) is 11.9 Å². The van der Waals surface area contributed by atoms with Gasteiger partial charge in [0.1, 0.15) is 17.4 Å². The highest BCUT2D eigenvalue weighted by atomic mass is 35.5. The van der Waals surface area contributed by atoms with Crippen LogP contribution in [0.25, 0.3) is 0 Å². The Morgan fingerprint density at radius 2 is 1.81 bits per heavy atom. The maximum absolute atomic E-state index is 12.5. The normalized spacial score (nSPS) is 12.6.